The van der Waals surface area contributed by atoms with E-state index in [-0.39, 0.29) is 5.97 Å². The number of rotatable bonds is 3. The van der Waals surface area contributed by atoms with Crippen LogP contribution >= 0.6 is 0 Å². The molecule has 0 N–H and O–H groups in total. The molecule has 0 atom stereocenters. The average Bonchev–Trinajstić information content (AvgIpc) is 2.32. The van der Waals surface area contributed by atoms with Gasteiger partial charge >= 0.3 is 5.97 Å². The first kappa shape index (κ1) is 11.2. The van der Waals surface area contributed by atoms with Crippen molar-refractivity contribution >= 4 is 5.97 Å². The SMILES string of the molecule is CC(=O)Oc1ccc(Oc2ccccc2)cc1. The number of hydrogen-bond acceptors (Lipinski definition) is 3. The predicted octanol–water partition coefficient (Wildman–Crippen LogP) is 3.40. The maximum Gasteiger partial charge on any atom is 0.308 e. The fourth-order valence-corrected chi connectivity index (χ4v) is 1.37. The van der Waals surface area contributed by atoms with E-state index in [4.69, 9.17) is 9.47 Å². The van der Waals surface area contributed by atoms with Crippen LogP contribution in [0.4, 0.5) is 0 Å². The van der Waals surface area contributed by atoms with Crippen molar-refractivity contribution < 1.29 is 14.3 Å². The van der Waals surface area contributed by atoms with E-state index in [1.807, 2.05) is 30.3 Å². The first-order valence-corrected chi connectivity index (χ1v) is 5.25. The molecule has 0 fully saturated rings. The fraction of sp³-hybridized carbons (Fsp3) is 0.0714. The lowest BCUT2D eigenvalue weighted by molar-refractivity contribution is -0.131. The van der Waals surface area contributed by atoms with E-state index in [0.717, 1.165) is 5.75 Å². The standard InChI is InChI=1S/C14H12O3/c1-11(15)16-13-7-9-14(10-8-13)17-12-5-3-2-4-6-12/h2-10H,1H3. The lowest BCUT2D eigenvalue weighted by Gasteiger charge is -2.06. The van der Waals surface area contributed by atoms with Crippen molar-refractivity contribution in [3.8, 4) is 17.2 Å². The van der Waals surface area contributed by atoms with Crippen LogP contribution in [0.15, 0.2) is 54.6 Å². The van der Waals surface area contributed by atoms with Gasteiger partial charge in [-0.15, -0.1) is 0 Å². The van der Waals surface area contributed by atoms with Gasteiger partial charge in [-0.2, -0.15) is 0 Å². The molecule has 17 heavy (non-hydrogen) atoms. The molecule has 2 aromatic carbocycles. The normalized spacial score (nSPS) is 9.71. The third-order valence-corrected chi connectivity index (χ3v) is 2.06. The monoisotopic (exact) mass is 228 g/mol. The largest absolute Gasteiger partial charge is 0.457 e. The summed E-state index contributed by atoms with van der Waals surface area (Å²) in [5.41, 5.74) is 0. The highest BCUT2D eigenvalue weighted by Crippen LogP contribution is 2.23. The van der Waals surface area contributed by atoms with Crippen molar-refractivity contribution in [1.29, 1.82) is 0 Å². The second-order valence-electron chi connectivity index (χ2n) is 3.48. The van der Waals surface area contributed by atoms with Crippen LogP contribution in [0, 0.1) is 0 Å². The van der Waals surface area contributed by atoms with Crippen LogP contribution in [-0.4, -0.2) is 5.97 Å². The van der Waals surface area contributed by atoms with Crippen LogP contribution in [0.25, 0.3) is 0 Å². The second-order valence-corrected chi connectivity index (χ2v) is 3.48. The molecule has 0 aliphatic carbocycles. The van der Waals surface area contributed by atoms with Gasteiger partial charge in [0.1, 0.15) is 17.2 Å². The van der Waals surface area contributed by atoms with E-state index in [0.29, 0.717) is 11.5 Å². The molecular weight excluding hydrogens is 216 g/mol. The topological polar surface area (TPSA) is 35.5 Å². The summed E-state index contributed by atoms with van der Waals surface area (Å²) < 4.78 is 10.5. The van der Waals surface area contributed by atoms with Crippen LogP contribution in [0.1, 0.15) is 6.92 Å². The van der Waals surface area contributed by atoms with Crippen LogP contribution in [0.3, 0.4) is 0 Å². The zero-order valence-electron chi connectivity index (χ0n) is 9.42. The maximum absolute atomic E-state index is 10.7. The van der Waals surface area contributed by atoms with Gasteiger partial charge in [-0.25, -0.2) is 0 Å². The lowest BCUT2D eigenvalue weighted by atomic mass is 10.3. The minimum absolute atomic E-state index is 0.332. The van der Waals surface area contributed by atoms with Crippen molar-refractivity contribution in [2.24, 2.45) is 0 Å². The highest BCUT2D eigenvalue weighted by atomic mass is 16.5. The van der Waals surface area contributed by atoms with Gasteiger partial charge in [-0.3, -0.25) is 4.79 Å². The Morgan fingerprint density at radius 2 is 1.35 bits per heavy atom. The molecule has 0 heterocycles. The summed E-state index contributed by atoms with van der Waals surface area (Å²) in [6.45, 7) is 1.37. The molecule has 2 aromatic rings. The molecule has 0 aromatic heterocycles. The first-order valence-electron chi connectivity index (χ1n) is 5.25. The van der Waals surface area contributed by atoms with Gasteiger partial charge < -0.3 is 9.47 Å². The Labute approximate surface area is 99.6 Å². The zero-order chi connectivity index (χ0) is 12.1. The highest BCUT2D eigenvalue weighted by Gasteiger charge is 1.99. The fourth-order valence-electron chi connectivity index (χ4n) is 1.37. The van der Waals surface area contributed by atoms with Gasteiger partial charge in [-0.05, 0) is 36.4 Å². The molecule has 3 heteroatoms. The minimum atomic E-state index is -0.332. The Balaban J connectivity index is 2.06. The van der Waals surface area contributed by atoms with Gasteiger partial charge in [0.25, 0.3) is 0 Å². The first-order chi connectivity index (χ1) is 8.24. The Morgan fingerprint density at radius 1 is 0.824 bits per heavy atom. The molecule has 0 saturated heterocycles. The van der Waals surface area contributed by atoms with Crippen LogP contribution in [0.5, 0.6) is 17.2 Å². The summed E-state index contributed by atoms with van der Waals surface area (Å²) in [5, 5.41) is 0. The third-order valence-electron chi connectivity index (χ3n) is 2.06. The number of carbonyl (C=O) groups excluding carboxylic acids is 1. The molecule has 0 spiro atoms. The van der Waals surface area contributed by atoms with Crippen molar-refractivity contribution in [1.82, 2.24) is 0 Å². The Hall–Kier alpha value is -2.29. The van der Waals surface area contributed by atoms with E-state index in [1.165, 1.54) is 6.92 Å². The van der Waals surface area contributed by atoms with Crippen LogP contribution in [-0.2, 0) is 4.79 Å². The molecule has 0 unspecified atom stereocenters. The zero-order valence-corrected chi connectivity index (χ0v) is 9.42. The number of para-hydroxylation sites is 1. The van der Waals surface area contributed by atoms with E-state index < -0.39 is 0 Å². The maximum atomic E-state index is 10.7. The average molecular weight is 228 g/mol. The Morgan fingerprint density at radius 3 is 1.94 bits per heavy atom. The van der Waals surface area contributed by atoms with Crippen molar-refractivity contribution in [2.75, 3.05) is 0 Å². The quantitative estimate of drug-likeness (QED) is 0.596. The van der Waals surface area contributed by atoms with Crippen LogP contribution < -0.4 is 9.47 Å². The summed E-state index contributed by atoms with van der Waals surface area (Å²) in [4.78, 5) is 10.7. The Kier molecular flexibility index (Phi) is 3.40. The van der Waals surface area contributed by atoms with Gasteiger partial charge in [0.2, 0.25) is 0 Å². The number of benzene rings is 2. The van der Waals surface area contributed by atoms with Crippen molar-refractivity contribution in [3.63, 3.8) is 0 Å². The molecule has 0 aliphatic rings. The number of hydrogen-bond donors (Lipinski definition) is 0. The molecular formula is C14H12O3. The van der Waals surface area contributed by atoms with Crippen molar-refractivity contribution in [2.45, 2.75) is 6.92 Å². The molecule has 0 bridgehead atoms. The summed E-state index contributed by atoms with van der Waals surface area (Å²) >= 11 is 0. The summed E-state index contributed by atoms with van der Waals surface area (Å²) in [7, 11) is 0. The molecule has 0 saturated carbocycles. The van der Waals surface area contributed by atoms with Crippen molar-refractivity contribution in [3.05, 3.63) is 54.6 Å². The third kappa shape index (κ3) is 3.34. The minimum Gasteiger partial charge on any atom is -0.457 e. The lowest BCUT2D eigenvalue weighted by Crippen LogP contribution is -2.00. The van der Waals surface area contributed by atoms with Crippen LogP contribution in [0.2, 0.25) is 0 Å². The van der Waals surface area contributed by atoms with E-state index in [9.17, 15) is 4.79 Å². The number of carbonyl (C=O) groups is 1. The summed E-state index contributed by atoms with van der Waals surface area (Å²) in [5.74, 6) is 1.65. The van der Waals surface area contributed by atoms with Gasteiger partial charge in [-0.1, -0.05) is 18.2 Å². The van der Waals surface area contributed by atoms with E-state index in [1.54, 1.807) is 24.3 Å². The Bertz CT molecular complexity index is 489. The predicted molar refractivity (Wildman–Crippen MR) is 64.3 cm³/mol. The number of ether oxygens (including phenoxy) is 2. The van der Waals surface area contributed by atoms with E-state index >= 15 is 0 Å². The molecule has 0 radical (unpaired) electrons. The molecule has 86 valence electrons. The second kappa shape index (κ2) is 5.16. The van der Waals surface area contributed by atoms with Gasteiger partial charge in [0.05, 0.1) is 0 Å². The molecule has 2 rings (SSSR count). The molecule has 3 nitrogen and oxygen atoms in total. The van der Waals surface area contributed by atoms with Gasteiger partial charge in [0.15, 0.2) is 0 Å². The summed E-state index contributed by atoms with van der Waals surface area (Å²) in [6.07, 6.45) is 0. The van der Waals surface area contributed by atoms with Gasteiger partial charge in [0, 0.05) is 6.92 Å². The van der Waals surface area contributed by atoms with E-state index in [2.05, 4.69) is 0 Å². The molecule has 0 aliphatic heterocycles. The highest BCUT2D eigenvalue weighted by molar-refractivity contribution is 5.69. The number of esters is 1. The summed E-state index contributed by atoms with van der Waals surface area (Å²) in [6, 6.07) is 16.4. The molecule has 0 amide bonds. The smallest absolute Gasteiger partial charge is 0.308 e.